The molecule has 0 unspecified atom stereocenters. The number of aryl methyl sites for hydroxylation is 1. The Morgan fingerprint density at radius 1 is 1.43 bits per heavy atom. The zero-order chi connectivity index (χ0) is 15.4. The summed E-state index contributed by atoms with van der Waals surface area (Å²) in [7, 11) is 5.46. The first-order valence-corrected chi connectivity index (χ1v) is 6.61. The van der Waals surface area contributed by atoms with Gasteiger partial charge in [0.25, 0.3) is 0 Å². The Bertz CT molecular complexity index is 636. The van der Waals surface area contributed by atoms with Crippen molar-refractivity contribution in [2.75, 3.05) is 27.7 Å². The summed E-state index contributed by atoms with van der Waals surface area (Å²) >= 11 is 0. The van der Waals surface area contributed by atoms with E-state index in [1.165, 1.54) is 7.11 Å². The highest BCUT2D eigenvalue weighted by Crippen LogP contribution is 2.20. The fourth-order valence-electron chi connectivity index (χ4n) is 1.91. The van der Waals surface area contributed by atoms with Gasteiger partial charge in [-0.2, -0.15) is 5.10 Å². The Kier molecular flexibility index (Phi) is 4.64. The molecule has 0 saturated heterocycles. The van der Waals surface area contributed by atoms with Crippen molar-refractivity contribution >= 4 is 5.78 Å². The summed E-state index contributed by atoms with van der Waals surface area (Å²) in [6, 6.07) is 1.60. The van der Waals surface area contributed by atoms with Gasteiger partial charge in [-0.15, -0.1) is 0 Å². The molecular formula is C14H19N5O2. The second-order valence-electron chi connectivity index (χ2n) is 4.91. The summed E-state index contributed by atoms with van der Waals surface area (Å²) in [4.78, 5) is 22.9. The fourth-order valence-corrected chi connectivity index (χ4v) is 1.91. The summed E-state index contributed by atoms with van der Waals surface area (Å²) in [5, 5.41) is 4.23. The topological polar surface area (TPSA) is 73.1 Å². The van der Waals surface area contributed by atoms with Crippen LogP contribution in [0, 0.1) is 6.92 Å². The van der Waals surface area contributed by atoms with Crippen molar-refractivity contribution < 1.29 is 9.53 Å². The first-order valence-electron chi connectivity index (χ1n) is 6.61. The molecule has 0 bridgehead atoms. The van der Waals surface area contributed by atoms with Crippen LogP contribution in [0.3, 0.4) is 0 Å². The molecule has 0 aliphatic heterocycles. The van der Waals surface area contributed by atoms with Crippen LogP contribution in [0.5, 0.6) is 5.75 Å². The predicted octanol–water partition coefficient (Wildman–Crippen LogP) is 0.783. The van der Waals surface area contributed by atoms with Crippen LogP contribution >= 0.6 is 0 Å². The number of likely N-dealkylation sites (N-methyl/N-ethyl adjacent to an activating group) is 1. The van der Waals surface area contributed by atoms with Crippen molar-refractivity contribution in [3.8, 4) is 5.75 Å². The second-order valence-corrected chi connectivity index (χ2v) is 4.91. The van der Waals surface area contributed by atoms with Gasteiger partial charge >= 0.3 is 0 Å². The molecular weight excluding hydrogens is 270 g/mol. The molecule has 7 heteroatoms. The first-order chi connectivity index (χ1) is 10.0. The average Bonchev–Trinajstić information content (AvgIpc) is 2.87. The van der Waals surface area contributed by atoms with Crippen LogP contribution in [0.1, 0.15) is 22.0 Å². The van der Waals surface area contributed by atoms with Crippen molar-refractivity contribution in [2.24, 2.45) is 0 Å². The van der Waals surface area contributed by atoms with Gasteiger partial charge < -0.3 is 9.64 Å². The molecule has 0 N–H and O–H groups in total. The van der Waals surface area contributed by atoms with E-state index in [-0.39, 0.29) is 5.78 Å². The van der Waals surface area contributed by atoms with E-state index < -0.39 is 0 Å². The minimum atomic E-state index is -0.214. The van der Waals surface area contributed by atoms with E-state index in [2.05, 4.69) is 15.1 Å². The van der Waals surface area contributed by atoms with Gasteiger partial charge in [0.15, 0.2) is 11.4 Å². The van der Waals surface area contributed by atoms with Gasteiger partial charge in [-0.25, -0.2) is 9.97 Å². The van der Waals surface area contributed by atoms with Crippen LogP contribution in [0.15, 0.2) is 18.5 Å². The van der Waals surface area contributed by atoms with E-state index in [0.29, 0.717) is 29.5 Å². The van der Waals surface area contributed by atoms with Gasteiger partial charge in [-0.05, 0) is 27.1 Å². The molecule has 0 aromatic carbocycles. The Morgan fingerprint density at radius 3 is 2.81 bits per heavy atom. The molecule has 0 spiro atoms. The zero-order valence-electron chi connectivity index (χ0n) is 12.7. The van der Waals surface area contributed by atoms with Crippen molar-refractivity contribution in [3.05, 3.63) is 35.7 Å². The molecule has 21 heavy (non-hydrogen) atoms. The maximum atomic E-state index is 12.7. The van der Waals surface area contributed by atoms with Gasteiger partial charge in [-0.1, -0.05) is 0 Å². The van der Waals surface area contributed by atoms with Crippen LogP contribution < -0.4 is 4.74 Å². The van der Waals surface area contributed by atoms with Crippen molar-refractivity contribution in [2.45, 2.75) is 13.5 Å². The van der Waals surface area contributed by atoms with E-state index in [0.717, 1.165) is 6.54 Å². The number of hydrogen-bond acceptors (Lipinski definition) is 6. The lowest BCUT2D eigenvalue weighted by Gasteiger charge is -2.12. The van der Waals surface area contributed by atoms with Crippen LogP contribution in [0.4, 0.5) is 0 Å². The standard InChI is InChI=1S/C14H19N5O2/c1-10-15-6-5-11(17-10)14(20)13-12(21-4)9-16-19(13)8-7-18(2)3/h5-6,9H,7-8H2,1-4H3. The summed E-state index contributed by atoms with van der Waals surface area (Å²) in [5.74, 6) is 0.794. The average molecular weight is 289 g/mol. The van der Waals surface area contributed by atoms with Crippen LogP contribution in [0.25, 0.3) is 0 Å². The van der Waals surface area contributed by atoms with E-state index in [1.54, 1.807) is 30.1 Å². The number of aromatic nitrogens is 4. The monoisotopic (exact) mass is 289 g/mol. The fraction of sp³-hybridized carbons (Fsp3) is 0.429. The van der Waals surface area contributed by atoms with E-state index in [1.807, 2.05) is 19.0 Å². The Balaban J connectivity index is 2.36. The minimum Gasteiger partial charge on any atom is -0.493 e. The molecule has 0 saturated carbocycles. The number of ether oxygens (including phenoxy) is 1. The molecule has 0 amide bonds. The van der Waals surface area contributed by atoms with Crippen molar-refractivity contribution in [3.63, 3.8) is 0 Å². The minimum absolute atomic E-state index is 0.214. The number of nitrogens with zero attached hydrogens (tertiary/aromatic N) is 5. The second kappa shape index (κ2) is 6.45. The lowest BCUT2D eigenvalue weighted by Crippen LogP contribution is -2.22. The summed E-state index contributed by atoms with van der Waals surface area (Å²) in [6.45, 7) is 3.12. The largest absolute Gasteiger partial charge is 0.493 e. The molecule has 7 nitrogen and oxygen atoms in total. The summed E-state index contributed by atoms with van der Waals surface area (Å²) in [6.07, 6.45) is 3.12. The predicted molar refractivity (Wildman–Crippen MR) is 77.5 cm³/mol. The number of carbonyl (C=O) groups is 1. The molecule has 2 heterocycles. The van der Waals surface area contributed by atoms with Gasteiger partial charge in [0.2, 0.25) is 5.78 Å². The van der Waals surface area contributed by atoms with Crippen molar-refractivity contribution in [1.82, 2.24) is 24.6 Å². The Hall–Kier alpha value is -2.28. The van der Waals surface area contributed by atoms with Crippen LogP contribution in [-0.4, -0.2) is 58.2 Å². The Morgan fingerprint density at radius 2 is 2.19 bits per heavy atom. The van der Waals surface area contributed by atoms with E-state index in [9.17, 15) is 4.79 Å². The lowest BCUT2D eigenvalue weighted by atomic mass is 10.2. The normalized spacial score (nSPS) is 10.9. The molecule has 0 fully saturated rings. The maximum Gasteiger partial charge on any atom is 0.233 e. The smallest absolute Gasteiger partial charge is 0.233 e. The van der Waals surface area contributed by atoms with Gasteiger partial charge in [-0.3, -0.25) is 9.48 Å². The molecule has 0 atom stereocenters. The third-order valence-corrected chi connectivity index (χ3v) is 3.01. The number of rotatable bonds is 6. The number of hydrogen-bond donors (Lipinski definition) is 0. The van der Waals surface area contributed by atoms with Crippen LogP contribution in [0.2, 0.25) is 0 Å². The van der Waals surface area contributed by atoms with Crippen molar-refractivity contribution in [1.29, 1.82) is 0 Å². The molecule has 112 valence electrons. The number of ketones is 1. The maximum absolute atomic E-state index is 12.7. The molecule has 0 aliphatic carbocycles. The third-order valence-electron chi connectivity index (χ3n) is 3.01. The molecule has 2 aromatic rings. The molecule has 2 rings (SSSR count). The van der Waals surface area contributed by atoms with E-state index in [4.69, 9.17) is 4.74 Å². The quantitative estimate of drug-likeness (QED) is 0.732. The first kappa shape index (κ1) is 15.1. The SMILES string of the molecule is COc1cnn(CCN(C)C)c1C(=O)c1ccnc(C)n1. The highest BCUT2D eigenvalue weighted by molar-refractivity contribution is 6.08. The van der Waals surface area contributed by atoms with Crippen LogP contribution in [-0.2, 0) is 6.54 Å². The molecule has 0 aliphatic rings. The summed E-state index contributed by atoms with van der Waals surface area (Å²) < 4.78 is 6.90. The number of methoxy groups -OCH3 is 1. The van der Waals surface area contributed by atoms with E-state index >= 15 is 0 Å². The van der Waals surface area contributed by atoms with Gasteiger partial charge in [0.1, 0.15) is 11.5 Å². The third kappa shape index (κ3) is 3.43. The molecule has 0 radical (unpaired) electrons. The summed E-state index contributed by atoms with van der Waals surface area (Å²) in [5.41, 5.74) is 0.754. The zero-order valence-corrected chi connectivity index (χ0v) is 12.7. The Labute approximate surface area is 123 Å². The highest BCUT2D eigenvalue weighted by Gasteiger charge is 2.22. The van der Waals surface area contributed by atoms with Gasteiger partial charge in [0.05, 0.1) is 19.9 Å². The lowest BCUT2D eigenvalue weighted by molar-refractivity contribution is 0.102. The van der Waals surface area contributed by atoms with Gasteiger partial charge in [0, 0.05) is 12.7 Å². The molecule has 2 aromatic heterocycles. The number of carbonyl (C=O) groups excluding carboxylic acids is 1. The highest BCUT2D eigenvalue weighted by atomic mass is 16.5.